The van der Waals surface area contributed by atoms with Gasteiger partial charge in [-0.1, -0.05) is 13.0 Å². The predicted molar refractivity (Wildman–Crippen MR) is 63.3 cm³/mol. The van der Waals surface area contributed by atoms with Gasteiger partial charge in [0.25, 0.3) is 0 Å². The minimum Gasteiger partial charge on any atom is -0.476 e. The molecule has 2 aromatic rings. The second-order valence-corrected chi connectivity index (χ2v) is 5.28. The number of oxazole rings is 1. The number of thiophene rings is 1. The number of rotatable bonds is 3. The average molecular weight is 249 g/mol. The van der Waals surface area contributed by atoms with E-state index in [9.17, 15) is 4.79 Å². The molecule has 0 aromatic carbocycles. The van der Waals surface area contributed by atoms with Gasteiger partial charge < -0.3 is 9.52 Å². The topological polar surface area (TPSA) is 63.3 Å². The Morgan fingerprint density at radius 2 is 2.41 bits per heavy atom. The van der Waals surface area contributed by atoms with Gasteiger partial charge in [0.2, 0.25) is 5.89 Å². The quantitative estimate of drug-likeness (QED) is 0.907. The van der Waals surface area contributed by atoms with Gasteiger partial charge in [0.15, 0.2) is 5.69 Å². The summed E-state index contributed by atoms with van der Waals surface area (Å²) in [5.74, 6) is 0.671. The average Bonchev–Trinajstić information content (AvgIpc) is 2.79. The molecule has 2 aromatic heterocycles. The Morgan fingerprint density at radius 3 is 2.94 bits per heavy atom. The molecule has 2 heterocycles. The third-order valence-corrected chi connectivity index (χ3v) is 3.89. The minimum absolute atomic E-state index is 0.0720. The molecule has 1 saturated carbocycles. The lowest BCUT2D eigenvalue weighted by Crippen LogP contribution is -2.00. The van der Waals surface area contributed by atoms with E-state index < -0.39 is 5.97 Å². The van der Waals surface area contributed by atoms with Crippen molar-refractivity contribution in [3.05, 3.63) is 29.0 Å². The third kappa shape index (κ3) is 1.76. The molecule has 0 amide bonds. The van der Waals surface area contributed by atoms with E-state index in [1.54, 1.807) is 0 Å². The van der Waals surface area contributed by atoms with Gasteiger partial charge in [0.1, 0.15) is 5.76 Å². The Balaban J connectivity index is 2.05. The van der Waals surface area contributed by atoms with Crippen molar-refractivity contribution in [2.75, 3.05) is 0 Å². The molecule has 88 valence electrons. The number of aromatic nitrogens is 1. The van der Waals surface area contributed by atoms with Crippen LogP contribution in [0.4, 0.5) is 0 Å². The van der Waals surface area contributed by atoms with E-state index in [2.05, 4.69) is 11.9 Å². The lowest BCUT2D eigenvalue weighted by Gasteiger charge is -1.92. The van der Waals surface area contributed by atoms with Crippen LogP contribution in [-0.4, -0.2) is 16.1 Å². The number of carbonyl (C=O) groups is 1. The Labute approximate surface area is 102 Å². The maximum atomic E-state index is 11.1. The molecule has 4 nitrogen and oxygen atoms in total. The molecule has 0 radical (unpaired) electrons. The molecule has 5 heteroatoms. The summed E-state index contributed by atoms with van der Waals surface area (Å²) in [4.78, 5) is 16.1. The molecule has 1 aliphatic rings. The number of hydrogen-bond donors (Lipinski definition) is 1. The number of hydrogen-bond acceptors (Lipinski definition) is 4. The molecule has 3 rings (SSSR count). The Hall–Kier alpha value is -1.62. The van der Waals surface area contributed by atoms with Crippen LogP contribution >= 0.6 is 11.3 Å². The molecule has 0 bridgehead atoms. The largest absolute Gasteiger partial charge is 0.476 e. The van der Waals surface area contributed by atoms with Gasteiger partial charge in [-0.25, -0.2) is 9.78 Å². The fourth-order valence-electron chi connectivity index (χ4n) is 1.93. The Bertz CT molecular complexity index is 558. The maximum absolute atomic E-state index is 11.1. The van der Waals surface area contributed by atoms with Gasteiger partial charge in [0.05, 0.1) is 4.88 Å². The predicted octanol–water partition coefficient (Wildman–Crippen LogP) is 3.22. The van der Waals surface area contributed by atoms with Gasteiger partial charge in [-0.05, 0) is 23.8 Å². The second kappa shape index (κ2) is 3.70. The van der Waals surface area contributed by atoms with Crippen molar-refractivity contribution in [2.24, 2.45) is 5.92 Å². The van der Waals surface area contributed by atoms with Gasteiger partial charge in [-0.2, -0.15) is 0 Å². The zero-order valence-electron chi connectivity index (χ0n) is 9.21. The van der Waals surface area contributed by atoms with E-state index in [0.29, 0.717) is 17.6 Å². The van der Waals surface area contributed by atoms with Gasteiger partial charge in [-0.15, -0.1) is 11.3 Å². The number of nitrogens with zero attached hydrogens (tertiary/aromatic N) is 1. The molecule has 2 atom stereocenters. The minimum atomic E-state index is -1.01. The lowest BCUT2D eigenvalue weighted by molar-refractivity contribution is 0.0688. The van der Waals surface area contributed by atoms with E-state index in [1.165, 1.54) is 11.3 Å². The third-order valence-electron chi connectivity index (χ3n) is 3.03. The summed E-state index contributed by atoms with van der Waals surface area (Å²) >= 11 is 1.49. The summed E-state index contributed by atoms with van der Waals surface area (Å²) in [5, 5.41) is 11.0. The lowest BCUT2D eigenvalue weighted by atomic mass is 10.2. The molecule has 1 N–H and O–H groups in total. The molecule has 17 heavy (non-hydrogen) atoms. The van der Waals surface area contributed by atoms with Crippen LogP contribution in [0.15, 0.2) is 21.9 Å². The summed E-state index contributed by atoms with van der Waals surface area (Å²) < 4.78 is 5.63. The van der Waals surface area contributed by atoms with Crippen molar-refractivity contribution < 1.29 is 14.3 Å². The van der Waals surface area contributed by atoms with E-state index in [-0.39, 0.29) is 11.6 Å². The van der Waals surface area contributed by atoms with Crippen molar-refractivity contribution in [1.29, 1.82) is 0 Å². The monoisotopic (exact) mass is 249 g/mol. The van der Waals surface area contributed by atoms with E-state index >= 15 is 0 Å². The highest BCUT2D eigenvalue weighted by atomic mass is 32.1. The van der Waals surface area contributed by atoms with Crippen molar-refractivity contribution in [2.45, 2.75) is 19.3 Å². The van der Waals surface area contributed by atoms with Crippen LogP contribution < -0.4 is 0 Å². The summed E-state index contributed by atoms with van der Waals surface area (Å²) in [6, 6.07) is 3.77. The van der Waals surface area contributed by atoms with Crippen LogP contribution in [-0.2, 0) is 0 Å². The standard InChI is InChI=1S/C12H11NO3S/c1-6-5-7(6)10-9(12(14)15)13-11(16-10)8-3-2-4-17-8/h2-4,6-7H,5H2,1H3,(H,14,15). The van der Waals surface area contributed by atoms with Gasteiger partial charge in [0, 0.05) is 5.92 Å². The highest BCUT2D eigenvalue weighted by Crippen LogP contribution is 2.49. The van der Waals surface area contributed by atoms with E-state index in [4.69, 9.17) is 9.52 Å². The number of carboxylic acids is 1. The summed E-state index contributed by atoms with van der Waals surface area (Å²) in [6.45, 7) is 2.09. The first kappa shape index (κ1) is 10.5. The zero-order chi connectivity index (χ0) is 12.0. The first-order valence-corrected chi connectivity index (χ1v) is 6.32. The molecule has 0 spiro atoms. The molecule has 0 aliphatic heterocycles. The molecule has 0 saturated heterocycles. The van der Waals surface area contributed by atoms with Crippen LogP contribution in [0.1, 0.15) is 35.5 Å². The highest BCUT2D eigenvalue weighted by Gasteiger charge is 2.41. The van der Waals surface area contributed by atoms with Gasteiger partial charge >= 0.3 is 5.97 Å². The van der Waals surface area contributed by atoms with Crippen LogP contribution in [0, 0.1) is 5.92 Å². The first-order chi connectivity index (χ1) is 8.16. The summed E-state index contributed by atoms with van der Waals surface area (Å²) in [6.07, 6.45) is 0.985. The second-order valence-electron chi connectivity index (χ2n) is 4.33. The highest BCUT2D eigenvalue weighted by molar-refractivity contribution is 7.13. The Kier molecular flexibility index (Phi) is 2.29. The van der Waals surface area contributed by atoms with Crippen LogP contribution in [0.25, 0.3) is 10.8 Å². The number of aromatic carboxylic acids is 1. The fourth-order valence-corrected chi connectivity index (χ4v) is 2.58. The molecular weight excluding hydrogens is 238 g/mol. The van der Waals surface area contributed by atoms with Gasteiger partial charge in [-0.3, -0.25) is 0 Å². The van der Waals surface area contributed by atoms with E-state index in [1.807, 2.05) is 17.5 Å². The summed E-state index contributed by atoms with van der Waals surface area (Å²) in [5.41, 5.74) is 0.0720. The SMILES string of the molecule is CC1CC1c1oc(-c2cccs2)nc1C(=O)O. The maximum Gasteiger partial charge on any atom is 0.358 e. The number of carboxylic acid groups (broad SMARTS) is 1. The smallest absolute Gasteiger partial charge is 0.358 e. The first-order valence-electron chi connectivity index (χ1n) is 5.44. The van der Waals surface area contributed by atoms with Crippen molar-refractivity contribution in [3.8, 4) is 10.8 Å². The van der Waals surface area contributed by atoms with Crippen LogP contribution in [0.3, 0.4) is 0 Å². The fraction of sp³-hybridized carbons (Fsp3) is 0.333. The molecule has 2 unspecified atom stereocenters. The van der Waals surface area contributed by atoms with Crippen LogP contribution in [0.5, 0.6) is 0 Å². The summed E-state index contributed by atoms with van der Waals surface area (Å²) in [7, 11) is 0. The molecule has 1 fully saturated rings. The van der Waals surface area contributed by atoms with Crippen LogP contribution in [0.2, 0.25) is 0 Å². The van der Waals surface area contributed by atoms with E-state index in [0.717, 1.165) is 11.3 Å². The zero-order valence-corrected chi connectivity index (χ0v) is 10.0. The normalized spacial score (nSPS) is 22.6. The van der Waals surface area contributed by atoms with Crippen molar-refractivity contribution in [1.82, 2.24) is 4.98 Å². The molecular formula is C12H11NO3S. The van der Waals surface area contributed by atoms with Crippen molar-refractivity contribution in [3.63, 3.8) is 0 Å². The molecule has 1 aliphatic carbocycles. The van der Waals surface area contributed by atoms with Crippen molar-refractivity contribution >= 4 is 17.3 Å². The Morgan fingerprint density at radius 1 is 1.65 bits per heavy atom.